The Morgan fingerprint density at radius 2 is 2.19 bits per heavy atom. The molecule has 0 aromatic heterocycles. The molecule has 1 unspecified atom stereocenters. The second-order valence-electron chi connectivity index (χ2n) is 5.57. The lowest BCUT2D eigenvalue weighted by Crippen LogP contribution is -2.48. The van der Waals surface area contributed by atoms with Crippen LogP contribution < -0.4 is 5.32 Å². The number of carbonyl (C=O) groups excluding carboxylic acids is 2. The number of nitrogens with zero attached hydrogens (tertiary/aromatic N) is 1. The molecule has 1 heterocycles. The van der Waals surface area contributed by atoms with E-state index in [1.165, 1.54) is 0 Å². The lowest BCUT2D eigenvalue weighted by atomic mass is 10.00. The van der Waals surface area contributed by atoms with Gasteiger partial charge in [-0.3, -0.25) is 9.69 Å². The van der Waals surface area contributed by atoms with Crippen LogP contribution in [0.4, 0.5) is 0 Å². The molecule has 0 aromatic rings. The van der Waals surface area contributed by atoms with Gasteiger partial charge in [0, 0.05) is 18.0 Å². The van der Waals surface area contributed by atoms with Crippen LogP contribution in [0.25, 0.3) is 0 Å². The Labute approximate surface area is 97.4 Å². The van der Waals surface area contributed by atoms with Gasteiger partial charge in [0.1, 0.15) is 6.29 Å². The molecule has 1 aliphatic heterocycles. The van der Waals surface area contributed by atoms with Gasteiger partial charge in [0.25, 0.3) is 0 Å². The molecule has 0 spiro atoms. The van der Waals surface area contributed by atoms with E-state index in [2.05, 4.69) is 10.2 Å². The van der Waals surface area contributed by atoms with Crippen molar-refractivity contribution in [1.82, 2.24) is 10.2 Å². The summed E-state index contributed by atoms with van der Waals surface area (Å²) in [7, 11) is 0. The highest BCUT2D eigenvalue weighted by molar-refractivity contribution is 5.78. The maximum absolute atomic E-state index is 11.7. The predicted octanol–water partition coefficient (Wildman–Crippen LogP) is 0.812. The summed E-state index contributed by atoms with van der Waals surface area (Å²) >= 11 is 0. The van der Waals surface area contributed by atoms with E-state index in [4.69, 9.17) is 0 Å². The van der Waals surface area contributed by atoms with E-state index in [-0.39, 0.29) is 17.4 Å². The fraction of sp³-hybridized carbons (Fsp3) is 0.833. The minimum Gasteiger partial charge on any atom is -0.350 e. The van der Waals surface area contributed by atoms with E-state index >= 15 is 0 Å². The second-order valence-corrected chi connectivity index (χ2v) is 5.57. The first kappa shape index (κ1) is 13.2. The molecule has 0 bridgehead atoms. The van der Waals surface area contributed by atoms with Gasteiger partial charge in [-0.05, 0) is 40.2 Å². The monoisotopic (exact) mass is 226 g/mol. The molecular formula is C12H22N2O2. The molecule has 1 atom stereocenters. The van der Waals surface area contributed by atoms with E-state index in [0.29, 0.717) is 6.54 Å². The first-order valence-electron chi connectivity index (χ1n) is 5.89. The summed E-state index contributed by atoms with van der Waals surface area (Å²) in [4.78, 5) is 24.4. The van der Waals surface area contributed by atoms with Crippen molar-refractivity contribution in [3.8, 4) is 0 Å². The number of likely N-dealkylation sites (tertiary alicyclic amines) is 1. The topological polar surface area (TPSA) is 49.4 Å². The quantitative estimate of drug-likeness (QED) is 0.725. The molecule has 0 saturated carbocycles. The zero-order chi connectivity index (χ0) is 12.2. The van der Waals surface area contributed by atoms with Crippen LogP contribution in [0.5, 0.6) is 0 Å². The Hall–Kier alpha value is -0.900. The fourth-order valence-electron chi connectivity index (χ4n) is 2.01. The molecule has 0 radical (unpaired) electrons. The van der Waals surface area contributed by atoms with Gasteiger partial charge in [-0.1, -0.05) is 0 Å². The molecule has 1 aliphatic rings. The lowest BCUT2D eigenvalue weighted by molar-refractivity contribution is -0.125. The predicted molar refractivity (Wildman–Crippen MR) is 63.1 cm³/mol. The zero-order valence-corrected chi connectivity index (χ0v) is 10.5. The minimum absolute atomic E-state index is 0.0408. The van der Waals surface area contributed by atoms with Crippen LogP contribution in [-0.2, 0) is 9.59 Å². The SMILES string of the molecule is CC(C)(C)NC(=O)CN1CCCC(C=O)C1. The summed E-state index contributed by atoms with van der Waals surface area (Å²) in [5.41, 5.74) is -0.184. The summed E-state index contributed by atoms with van der Waals surface area (Å²) in [5, 5.41) is 2.93. The third-order valence-electron chi connectivity index (χ3n) is 2.62. The molecule has 1 amide bonds. The Morgan fingerprint density at radius 3 is 2.75 bits per heavy atom. The Bertz CT molecular complexity index is 258. The van der Waals surface area contributed by atoms with E-state index in [9.17, 15) is 9.59 Å². The molecule has 1 rings (SSSR count). The summed E-state index contributed by atoms with van der Waals surface area (Å²) in [6.45, 7) is 7.95. The van der Waals surface area contributed by atoms with Gasteiger partial charge in [0.05, 0.1) is 6.54 Å². The molecule has 1 fully saturated rings. The summed E-state index contributed by atoms with van der Waals surface area (Å²) in [5.74, 6) is 0.148. The van der Waals surface area contributed by atoms with E-state index < -0.39 is 0 Å². The average molecular weight is 226 g/mol. The first-order chi connectivity index (χ1) is 7.40. The number of carbonyl (C=O) groups is 2. The standard InChI is InChI=1S/C12H22N2O2/c1-12(2,3)13-11(16)8-14-6-4-5-10(7-14)9-15/h9-10H,4-8H2,1-3H3,(H,13,16). The molecule has 1 N–H and O–H groups in total. The van der Waals surface area contributed by atoms with E-state index in [1.807, 2.05) is 20.8 Å². The number of rotatable bonds is 3. The highest BCUT2D eigenvalue weighted by Gasteiger charge is 2.22. The van der Waals surface area contributed by atoms with Gasteiger partial charge in [0.15, 0.2) is 0 Å². The Balaban J connectivity index is 2.36. The van der Waals surface area contributed by atoms with Crippen LogP contribution in [0.1, 0.15) is 33.6 Å². The highest BCUT2D eigenvalue weighted by Crippen LogP contribution is 2.13. The third-order valence-corrected chi connectivity index (χ3v) is 2.62. The largest absolute Gasteiger partial charge is 0.350 e. The van der Waals surface area contributed by atoms with Crippen molar-refractivity contribution in [3.63, 3.8) is 0 Å². The first-order valence-corrected chi connectivity index (χ1v) is 5.89. The number of hydrogen-bond donors (Lipinski definition) is 1. The highest BCUT2D eigenvalue weighted by atomic mass is 16.2. The van der Waals surface area contributed by atoms with Crippen molar-refractivity contribution in [3.05, 3.63) is 0 Å². The molecular weight excluding hydrogens is 204 g/mol. The van der Waals surface area contributed by atoms with E-state index in [0.717, 1.165) is 32.2 Å². The van der Waals surface area contributed by atoms with Crippen LogP contribution >= 0.6 is 0 Å². The van der Waals surface area contributed by atoms with Gasteiger partial charge < -0.3 is 10.1 Å². The van der Waals surface area contributed by atoms with Gasteiger partial charge in [-0.25, -0.2) is 0 Å². The number of amides is 1. The summed E-state index contributed by atoms with van der Waals surface area (Å²) in [6.07, 6.45) is 2.97. The molecule has 4 heteroatoms. The van der Waals surface area contributed by atoms with E-state index in [1.54, 1.807) is 0 Å². The maximum Gasteiger partial charge on any atom is 0.234 e. The van der Waals surface area contributed by atoms with Gasteiger partial charge in [0.2, 0.25) is 5.91 Å². The normalized spacial score (nSPS) is 22.8. The second kappa shape index (κ2) is 5.43. The van der Waals surface area contributed by atoms with Gasteiger partial charge in [-0.15, -0.1) is 0 Å². The lowest BCUT2D eigenvalue weighted by Gasteiger charge is -2.30. The Morgan fingerprint density at radius 1 is 1.50 bits per heavy atom. The van der Waals surface area contributed by atoms with Crippen molar-refractivity contribution in [2.45, 2.75) is 39.2 Å². The fourth-order valence-corrected chi connectivity index (χ4v) is 2.01. The number of piperidine rings is 1. The summed E-state index contributed by atoms with van der Waals surface area (Å²) in [6, 6.07) is 0. The number of aldehydes is 1. The number of hydrogen-bond acceptors (Lipinski definition) is 3. The van der Waals surface area contributed by atoms with Gasteiger partial charge in [-0.2, -0.15) is 0 Å². The number of nitrogens with one attached hydrogen (secondary N) is 1. The van der Waals surface area contributed by atoms with Gasteiger partial charge >= 0.3 is 0 Å². The molecule has 1 saturated heterocycles. The molecule has 16 heavy (non-hydrogen) atoms. The molecule has 4 nitrogen and oxygen atoms in total. The third kappa shape index (κ3) is 4.75. The maximum atomic E-state index is 11.7. The van der Waals surface area contributed by atoms with Crippen molar-refractivity contribution < 1.29 is 9.59 Å². The molecule has 0 aromatic carbocycles. The smallest absolute Gasteiger partial charge is 0.234 e. The van der Waals surface area contributed by atoms with Crippen molar-refractivity contribution in [2.75, 3.05) is 19.6 Å². The zero-order valence-electron chi connectivity index (χ0n) is 10.5. The van der Waals surface area contributed by atoms with Crippen LogP contribution in [0.15, 0.2) is 0 Å². The van der Waals surface area contributed by atoms with Crippen LogP contribution in [0.2, 0.25) is 0 Å². The van der Waals surface area contributed by atoms with Crippen LogP contribution in [-0.4, -0.2) is 42.3 Å². The summed E-state index contributed by atoms with van der Waals surface area (Å²) < 4.78 is 0. The van der Waals surface area contributed by atoms with Crippen molar-refractivity contribution in [1.29, 1.82) is 0 Å². The van der Waals surface area contributed by atoms with Crippen molar-refractivity contribution >= 4 is 12.2 Å². The molecule has 0 aliphatic carbocycles. The van der Waals surface area contributed by atoms with Crippen LogP contribution in [0, 0.1) is 5.92 Å². The minimum atomic E-state index is -0.184. The van der Waals surface area contributed by atoms with Crippen molar-refractivity contribution in [2.24, 2.45) is 5.92 Å². The molecule has 92 valence electrons. The Kier molecular flexibility index (Phi) is 4.47. The average Bonchev–Trinajstić information content (AvgIpc) is 2.15. The van der Waals surface area contributed by atoms with Crippen LogP contribution in [0.3, 0.4) is 0 Å².